The smallest absolute Gasteiger partial charge is 0.311 e. The molecule has 3 rings (SSSR count). The normalized spacial score (nSPS) is 11.1. The van der Waals surface area contributed by atoms with Crippen molar-refractivity contribution in [3.8, 4) is 0 Å². The highest BCUT2D eigenvalue weighted by Crippen LogP contribution is 2.26. The van der Waals surface area contributed by atoms with E-state index in [0.717, 1.165) is 5.69 Å². The first-order valence-corrected chi connectivity index (χ1v) is 9.45. The Bertz CT molecular complexity index is 993. The van der Waals surface area contributed by atoms with Crippen LogP contribution in [0.2, 0.25) is 0 Å². The second kappa shape index (κ2) is 7.83. The number of esters is 1. The summed E-state index contributed by atoms with van der Waals surface area (Å²) in [6, 6.07) is 1.75. The van der Waals surface area contributed by atoms with Gasteiger partial charge < -0.3 is 9.26 Å². The van der Waals surface area contributed by atoms with Crippen molar-refractivity contribution in [2.45, 2.75) is 40.0 Å². The van der Waals surface area contributed by atoms with Crippen molar-refractivity contribution in [3.05, 3.63) is 34.1 Å². The summed E-state index contributed by atoms with van der Waals surface area (Å²) in [5.41, 5.74) is 2.67. The summed E-state index contributed by atoms with van der Waals surface area (Å²) in [5, 5.41) is 9.41. The zero-order chi connectivity index (χ0) is 19.6. The minimum Gasteiger partial charge on any atom is -0.466 e. The molecular formula is C18H20N4O4S. The second-order valence-electron chi connectivity index (χ2n) is 6.28. The van der Waals surface area contributed by atoms with Crippen LogP contribution in [0.15, 0.2) is 16.0 Å². The lowest BCUT2D eigenvalue weighted by Crippen LogP contribution is -2.14. The maximum Gasteiger partial charge on any atom is 0.311 e. The van der Waals surface area contributed by atoms with Crippen molar-refractivity contribution in [2.75, 3.05) is 11.9 Å². The number of nitrogens with one attached hydrogen (secondary N) is 1. The van der Waals surface area contributed by atoms with Gasteiger partial charge in [-0.3, -0.25) is 14.9 Å². The number of thiazole rings is 1. The number of aryl methyl sites for hydroxylation is 1. The van der Waals surface area contributed by atoms with Crippen LogP contribution in [0.25, 0.3) is 11.1 Å². The van der Waals surface area contributed by atoms with Crippen LogP contribution in [0.3, 0.4) is 0 Å². The molecule has 0 aliphatic heterocycles. The van der Waals surface area contributed by atoms with Crippen LogP contribution in [0, 0.1) is 6.92 Å². The number of nitrogens with zero attached hydrogens (tertiary/aromatic N) is 3. The number of hydrogen-bond donors (Lipinski definition) is 1. The predicted octanol–water partition coefficient (Wildman–Crippen LogP) is 3.47. The highest BCUT2D eigenvalue weighted by Gasteiger charge is 2.20. The molecule has 1 amide bonds. The van der Waals surface area contributed by atoms with E-state index in [0.29, 0.717) is 39.8 Å². The molecule has 1 N–H and O–H groups in total. The Kier molecular flexibility index (Phi) is 5.50. The number of anilines is 1. The molecule has 9 heteroatoms. The molecule has 27 heavy (non-hydrogen) atoms. The summed E-state index contributed by atoms with van der Waals surface area (Å²) in [6.07, 6.45) is 0.0714. The largest absolute Gasteiger partial charge is 0.466 e. The summed E-state index contributed by atoms with van der Waals surface area (Å²) in [6.45, 7) is 7.81. The first-order valence-electron chi connectivity index (χ1n) is 8.57. The Labute approximate surface area is 159 Å². The molecule has 0 aromatic carbocycles. The van der Waals surface area contributed by atoms with Crippen molar-refractivity contribution < 1.29 is 18.8 Å². The van der Waals surface area contributed by atoms with E-state index in [2.05, 4.69) is 20.4 Å². The van der Waals surface area contributed by atoms with Crippen molar-refractivity contribution >= 4 is 39.4 Å². The van der Waals surface area contributed by atoms with Crippen LogP contribution >= 0.6 is 11.3 Å². The summed E-state index contributed by atoms with van der Waals surface area (Å²) in [7, 11) is 0. The minimum atomic E-state index is -0.349. The monoisotopic (exact) mass is 388 g/mol. The van der Waals surface area contributed by atoms with Crippen LogP contribution in [0.4, 0.5) is 5.13 Å². The van der Waals surface area contributed by atoms with Gasteiger partial charge in [-0.2, -0.15) is 0 Å². The lowest BCUT2D eigenvalue weighted by atomic mass is 10.0. The minimum absolute atomic E-state index is 0.0714. The van der Waals surface area contributed by atoms with E-state index in [9.17, 15) is 9.59 Å². The highest BCUT2D eigenvalue weighted by atomic mass is 32.1. The molecule has 8 nitrogen and oxygen atoms in total. The van der Waals surface area contributed by atoms with Crippen molar-refractivity contribution in [3.63, 3.8) is 0 Å². The molecule has 0 atom stereocenters. The van der Waals surface area contributed by atoms with Gasteiger partial charge in [0.2, 0.25) is 0 Å². The second-order valence-corrected chi connectivity index (χ2v) is 7.14. The Morgan fingerprint density at radius 1 is 1.33 bits per heavy atom. The van der Waals surface area contributed by atoms with Gasteiger partial charge in [-0.25, -0.2) is 9.97 Å². The Morgan fingerprint density at radius 3 is 2.81 bits per heavy atom. The fourth-order valence-electron chi connectivity index (χ4n) is 2.56. The van der Waals surface area contributed by atoms with Crippen LogP contribution in [-0.4, -0.2) is 33.6 Å². The van der Waals surface area contributed by atoms with Gasteiger partial charge >= 0.3 is 5.97 Å². The first-order chi connectivity index (χ1) is 12.9. The highest BCUT2D eigenvalue weighted by molar-refractivity contribution is 7.14. The number of pyridine rings is 1. The molecule has 0 aliphatic carbocycles. The van der Waals surface area contributed by atoms with Gasteiger partial charge in [0, 0.05) is 11.1 Å². The Balaban J connectivity index is 1.85. The van der Waals surface area contributed by atoms with Crippen LogP contribution in [0.5, 0.6) is 0 Å². The maximum atomic E-state index is 12.9. The Morgan fingerprint density at radius 2 is 2.11 bits per heavy atom. The third-order valence-electron chi connectivity index (χ3n) is 3.88. The van der Waals surface area contributed by atoms with Gasteiger partial charge in [0.1, 0.15) is 0 Å². The molecule has 3 aromatic heterocycles. The van der Waals surface area contributed by atoms with Crippen molar-refractivity contribution in [1.29, 1.82) is 0 Å². The summed E-state index contributed by atoms with van der Waals surface area (Å²) in [5.74, 6) is -0.548. The van der Waals surface area contributed by atoms with Crippen LogP contribution in [0.1, 0.15) is 54.1 Å². The molecule has 0 saturated heterocycles. The number of hydrogen-bond acceptors (Lipinski definition) is 8. The molecular weight excluding hydrogens is 368 g/mol. The molecule has 0 fully saturated rings. The van der Waals surface area contributed by atoms with Gasteiger partial charge in [0.05, 0.1) is 35.4 Å². The van der Waals surface area contributed by atoms with Gasteiger partial charge in [0.25, 0.3) is 11.6 Å². The van der Waals surface area contributed by atoms with E-state index in [4.69, 9.17) is 9.26 Å². The van der Waals surface area contributed by atoms with E-state index in [1.807, 2.05) is 13.8 Å². The molecule has 3 aromatic rings. The van der Waals surface area contributed by atoms with Crippen molar-refractivity contribution in [1.82, 2.24) is 15.1 Å². The van der Waals surface area contributed by atoms with E-state index < -0.39 is 0 Å². The fraction of sp³-hybridized carbons (Fsp3) is 0.389. The zero-order valence-electron chi connectivity index (χ0n) is 15.5. The van der Waals surface area contributed by atoms with E-state index >= 15 is 0 Å². The maximum absolute atomic E-state index is 12.9. The van der Waals surface area contributed by atoms with Crippen LogP contribution < -0.4 is 5.32 Å². The summed E-state index contributed by atoms with van der Waals surface area (Å²) in [4.78, 5) is 33.1. The van der Waals surface area contributed by atoms with Crippen LogP contribution in [-0.2, 0) is 16.0 Å². The van der Waals surface area contributed by atoms with E-state index in [1.165, 1.54) is 11.3 Å². The number of rotatable bonds is 6. The molecule has 0 unspecified atom stereocenters. The fourth-order valence-corrected chi connectivity index (χ4v) is 3.26. The number of amides is 1. The van der Waals surface area contributed by atoms with Crippen molar-refractivity contribution in [2.24, 2.45) is 0 Å². The summed E-state index contributed by atoms with van der Waals surface area (Å²) >= 11 is 1.25. The number of carbonyl (C=O) groups excluding carboxylic acids is 2. The third-order valence-corrected chi connectivity index (χ3v) is 4.68. The molecule has 0 saturated carbocycles. The average molecular weight is 388 g/mol. The molecule has 0 radical (unpaired) electrons. The number of aromatic nitrogens is 3. The third kappa shape index (κ3) is 4.13. The molecule has 0 aliphatic rings. The van der Waals surface area contributed by atoms with E-state index in [-0.39, 0.29) is 24.2 Å². The predicted molar refractivity (Wildman–Crippen MR) is 101 cm³/mol. The van der Waals surface area contributed by atoms with Gasteiger partial charge in [-0.1, -0.05) is 19.0 Å². The standard InChI is InChI=1S/C18H20N4O4S/c1-5-25-14(23)6-11-8-27-18(19-11)21-16(24)12-7-13(9(2)3)20-17-15(12)10(4)22-26-17/h7-9H,5-6H2,1-4H3,(H,19,21,24). The number of ether oxygens (including phenoxy) is 1. The van der Waals surface area contributed by atoms with E-state index in [1.54, 1.807) is 25.3 Å². The number of fused-ring (bicyclic) bond motifs is 1. The molecule has 0 spiro atoms. The topological polar surface area (TPSA) is 107 Å². The van der Waals surface area contributed by atoms with Gasteiger partial charge in [-0.05, 0) is 25.8 Å². The molecule has 3 heterocycles. The van der Waals surface area contributed by atoms with Gasteiger partial charge in [-0.15, -0.1) is 11.3 Å². The lowest BCUT2D eigenvalue weighted by Gasteiger charge is -2.08. The first kappa shape index (κ1) is 19.0. The van der Waals surface area contributed by atoms with Gasteiger partial charge in [0.15, 0.2) is 5.13 Å². The SMILES string of the molecule is CCOC(=O)Cc1csc(NC(=O)c2cc(C(C)C)nc3onc(C)c23)n1. The molecule has 142 valence electrons. The quantitative estimate of drug-likeness (QED) is 0.644. The lowest BCUT2D eigenvalue weighted by molar-refractivity contribution is -0.142. The summed E-state index contributed by atoms with van der Waals surface area (Å²) < 4.78 is 10.2. The zero-order valence-corrected chi connectivity index (χ0v) is 16.3. The average Bonchev–Trinajstić information content (AvgIpc) is 3.21. The Hall–Kier alpha value is -2.81. The molecule has 0 bridgehead atoms. The number of carbonyl (C=O) groups is 2.